The van der Waals surface area contributed by atoms with Gasteiger partial charge in [-0.2, -0.15) is 5.26 Å². The molecular formula is C10H9NO4. The van der Waals surface area contributed by atoms with Gasteiger partial charge in [0.05, 0.1) is 25.9 Å². The molecule has 0 radical (unpaired) electrons. The molecule has 0 bridgehead atoms. The van der Waals surface area contributed by atoms with E-state index in [0.29, 0.717) is 0 Å². The Labute approximate surface area is 86.5 Å². The van der Waals surface area contributed by atoms with Crippen LogP contribution in [-0.2, 0) is 4.74 Å². The largest absolute Gasteiger partial charge is 0.504 e. The quantitative estimate of drug-likeness (QED) is 0.733. The van der Waals surface area contributed by atoms with Gasteiger partial charge < -0.3 is 14.6 Å². The highest BCUT2D eigenvalue weighted by molar-refractivity contribution is 5.94. The summed E-state index contributed by atoms with van der Waals surface area (Å²) in [5.41, 5.74) is 0.185. The van der Waals surface area contributed by atoms with Gasteiger partial charge in [0.2, 0.25) is 0 Å². The number of esters is 1. The maximum Gasteiger partial charge on any atom is 0.341 e. The van der Waals surface area contributed by atoms with Crippen molar-refractivity contribution in [1.29, 1.82) is 5.26 Å². The van der Waals surface area contributed by atoms with Crippen LogP contribution in [0, 0.1) is 11.3 Å². The zero-order chi connectivity index (χ0) is 11.4. The Hall–Kier alpha value is -2.22. The molecule has 15 heavy (non-hydrogen) atoms. The van der Waals surface area contributed by atoms with Crippen LogP contribution in [0.3, 0.4) is 0 Å². The summed E-state index contributed by atoms with van der Waals surface area (Å²) in [4.78, 5) is 11.3. The number of hydrogen-bond donors (Lipinski definition) is 1. The molecule has 0 aliphatic rings. The first kappa shape index (κ1) is 10.9. The van der Waals surface area contributed by atoms with Crippen LogP contribution in [0.5, 0.6) is 11.5 Å². The fourth-order valence-corrected chi connectivity index (χ4v) is 1.15. The standard InChI is InChI=1S/C10H9NO4/c1-14-9-7(10(13)15-2)3-6(5-11)4-8(9)12/h3-4,12H,1-2H3. The molecule has 0 spiro atoms. The summed E-state index contributed by atoms with van der Waals surface area (Å²) >= 11 is 0. The summed E-state index contributed by atoms with van der Waals surface area (Å²) < 4.78 is 9.33. The Morgan fingerprint density at radius 3 is 2.60 bits per heavy atom. The van der Waals surface area contributed by atoms with Crippen LogP contribution in [0.2, 0.25) is 0 Å². The van der Waals surface area contributed by atoms with Crippen LogP contribution < -0.4 is 4.74 Å². The van der Waals surface area contributed by atoms with Gasteiger partial charge in [0.1, 0.15) is 5.56 Å². The number of hydrogen-bond acceptors (Lipinski definition) is 5. The fraction of sp³-hybridized carbons (Fsp3) is 0.200. The highest BCUT2D eigenvalue weighted by Crippen LogP contribution is 2.31. The number of nitrogens with zero attached hydrogens (tertiary/aromatic N) is 1. The number of carbonyl (C=O) groups excluding carboxylic acids is 1. The van der Waals surface area contributed by atoms with E-state index < -0.39 is 5.97 Å². The van der Waals surface area contributed by atoms with Crippen molar-refractivity contribution in [3.8, 4) is 17.6 Å². The molecule has 0 aliphatic carbocycles. The van der Waals surface area contributed by atoms with Gasteiger partial charge in [-0.3, -0.25) is 0 Å². The van der Waals surface area contributed by atoms with Gasteiger partial charge in [-0.1, -0.05) is 0 Å². The van der Waals surface area contributed by atoms with Crippen LogP contribution in [0.15, 0.2) is 12.1 Å². The minimum Gasteiger partial charge on any atom is -0.504 e. The van der Waals surface area contributed by atoms with E-state index in [4.69, 9.17) is 10.00 Å². The Kier molecular flexibility index (Phi) is 3.13. The number of nitriles is 1. The Bertz CT molecular complexity index is 434. The van der Waals surface area contributed by atoms with E-state index in [0.717, 1.165) is 0 Å². The van der Waals surface area contributed by atoms with Gasteiger partial charge in [-0.05, 0) is 6.07 Å². The summed E-state index contributed by atoms with van der Waals surface area (Å²) in [6.45, 7) is 0. The average molecular weight is 207 g/mol. The van der Waals surface area contributed by atoms with Crippen molar-refractivity contribution >= 4 is 5.97 Å². The lowest BCUT2D eigenvalue weighted by atomic mass is 10.1. The molecule has 5 nitrogen and oxygen atoms in total. The van der Waals surface area contributed by atoms with Gasteiger partial charge in [0.15, 0.2) is 11.5 Å². The maximum absolute atomic E-state index is 11.3. The van der Waals surface area contributed by atoms with Gasteiger partial charge in [-0.25, -0.2) is 4.79 Å². The molecule has 0 saturated carbocycles. The van der Waals surface area contributed by atoms with Crippen LogP contribution in [0.25, 0.3) is 0 Å². The van der Waals surface area contributed by atoms with Gasteiger partial charge in [0, 0.05) is 6.07 Å². The lowest BCUT2D eigenvalue weighted by molar-refractivity contribution is 0.0596. The number of ether oxygens (including phenoxy) is 2. The topological polar surface area (TPSA) is 79.6 Å². The molecule has 0 aromatic heterocycles. The molecule has 0 unspecified atom stereocenters. The smallest absolute Gasteiger partial charge is 0.341 e. The van der Waals surface area contributed by atoms with E-state index in [-0.39, 0.29) is 22.6 Å². The van der Waals surface area contributed by atoms with Crippen LogP contribution in [0.4, 0.5) is 0 Å². The SMILES string of the molecule is COC(=O)c1cc(C#N)cc(O)c1OC. The van der Waals surface area contributed by atoms with Crippen LogP contribution in [-0.4, -0.2) is 25.3 Å². The van der Waals surface area contributed by atoms with Crippen molar-refractivity contribution in [1.82, 2.24) is 0 Å². The van der Waals surface area contributed by atoms with Crippen molar-refractivity contribution in [3.63, 3.8) is 0 Å². The zero-order valence-corrected chi connectivity index (χ0v) is 8.27. The molecule has 0 amide bonds. The summed E-state index contributed by atoms with van der Waals surface area (Å²) in [5, 5.41) is 18.1. The Morgan fingerprint density at radius 2 is 2.13 bits per heavy atom. The second-order valence-corrected chi connectivity index (χ2v) is 2.68. The molecule has 0 aliphatic heterocycles. The minimum absolute atomic E-state index is 0.000787. The molecule has 0 atom stereocenters. The molecule has 1 aromatic carbocycles. The van der Waals surface area contributed by atoms with E-state index in [2.05, 4.69) is 4.74 Å². The summed E-state index contributed by atoms with van der Waals surface area (Å²) in [6.07, 6.45) is 0. The number of carbonyl (C=O) groups is 1. The second-order valence-electron chi connectivity index (χ2n) is 2.68. The van der Waals surface area contributed by atoms with E-state index in [9.17, 15) is 9.90 Å². The van der Waals surface area contributed by atoms with Crippen molar-refractivity contribution in [2.45, 2.75) is 0 Å². The Morgan fingerprint density at radius 1 is 1.47 bits per heavy atom. The second kappa shape index (κ2) is 4.33. The molecule has 0 saturated heterocycles. The fourth-order valence-electron chi connectivity index (χ4n) is 1.15. The number of benzene rings is 1. The van der Waals surface area contributed by atoms with E-state index in [1.54, 1.807) is 0 Å². The van der Waals surface area contributed by atoms with Crippen molar-refractivity contribution in [2.24, 2.45) is 0 Å². The number of methoxy groups -OCH3 is 2. The monoisotopic (exact) mass is 207 g/mol. The number of rotatable bonds is 2. The third-order valence-electron chi connectivity index (χ3n) is 1.81. The lowest BCUT2D eigenvalue weighted by Gasteiger charge is -2.08. The molecule has 1 aromatic rings. The normalized spacial score (nSPS) is 9.13. The zero-order valence-electron chi connectivity index (χ0n) is 8.27. The number of phenolic OH excluding ortho intramolecular Hbond substituents is 1. The number of phenols is 1. The molecule has 0 fully saturated rings. The summed E-state index contributed by atoms with van der Waals surface area (Å²) in [6, 6.07) is 4.32. The van der Waals surface area contributed by atoms with E-state index in [1.165, 1.54) is 26.4 Å². The lowest BCUT2D eigenvalue weighted by Crippen LogP contribution is -2.04. The van der Waals surface area contributed by atoms with Gasteiger partial charge in [0.25, 0.3) is 0 Å². The van der Waals surface area contributed by atoms with Gasteiger partial charge in [-0.15, -0.1) is 0 Å². The van der Waals surface area contributed by atoms with E-state index >= 15 is 0 Å². The molecule has 1 rings (SSSR count). The Balaban J connectivity index is 3.40. The van der Waals surface area contributed by atoms with Crippen molar-refractivity contribution in [3.05, 3.63) is 23.3 Å². The first-order valence-electron chi connectivity index (χ1n) is 4.03. The highest BCUT2D eigenvalue weighted by Gasteiger charge is 2.17. The first-order valence-corrected chi connectivity index (χ1v) is 4.03. The molecule has 1 N–H and O–H groups in total. The third kappa shape index (κ3) is 1.99. The highest BCUT2D eigenvalue weighted by atomic mass is 16.5. The van der Waals surface area contributed by atoms with Crippen molar-refractivity contribution in [2.75, 3.05) is 14.2 Å². The maximum atomic E-state index is 11.3. The van der Waals surface area contributed by atoms with Crippen LogP contribution in [0.1, 0.15) is 15.9 Å². The average Bonchev–Trinajstić information content (AvgIpc) is 2.26. The predicted molar refractivity (Wildman–Crippen MR) is 50.7 cm³/mol. The van der Waals surface area contributed by atoms with Crippen LogP contribution >= 0.6 is 0 Å². The summed E-state index contributed by atoms with van der Waals surface area (Å²) in [7, 11) is 2.52. The van der Waals surface area contributed by atoms with Crippen molar-refractivity contribution < 1.29 is 19.4 Å². The van der Waals surface area contributed by atoms with Gasteiger partial charge >= 0.3 is 5.97 Å². The number of aromatic hydroxyl groups is 1. The molecule has 0 heterocycles. The molecule has 5 heteroatoms. The molecule has 78 valence electrons. The summed E-state index contributed by atoms with van der Waals surface area (Å²) in [5.74, 6) is -0.933. The predicted octanol–water partition coefficient (Wildman–Crippen LogP) is 1.06. The third-order valence-corrected chi connectivity index (χ3v) is 1.81. The van der Waals surface area contributed by atoms with E-state index in [1.807, 2.05) is 6.07 Å². The minimum atomic E-state index is -0.667. The first-order chi connectivity index (χ1) is 7.13. The molecular weight excluding hydrogens is 198 g/mol.